The standard InChI is InChI=1S/C18H18N4O/c23-18(17-10-19-12-21-17)22-6-5-13(11-22)7-14-8-15-3-1-2-4-16(15)20-9-14/h1-4,8-10,12-13H,5-7,11H2,(H,19,21). The summed E-state index contributed by atoms with van der Waals surface area (Å²) >= 11 is 0. The Labute approximate surface area is 134 Å². The summed E-state index contributed by atoms with van der Waals surface area (Å²) in [5, 5.41) is 1.17. The van der Waals surface area contributed by atoms with Gasteiger partial charge in [0.2, 0.25) is 0 Å². The number of amides is 1. The van der Waals surface area contributed by atoms with E-state index < -0.39 is 0 Å². The molecule has 0 radical (unpaired) electrons. The fourth-order valence-corrected chi connectivity index (χ4v) is 3.29. The number of rotatable bonds is 3. The molecular weight excluding hydrogens is 288 g/mol. The highest BCUT2D eigenvalue weighted by Gasteiger charge is 2.27. The molecule has 1 aliphatic heterocycles. The van der Waals surface area contributed by atoms with Crippen molar-refractivity contribution in [2.45, 2.75) is 12.8 Å². The van der Waals surface area contributed by atoms with Crippen LogP contribution in [0.3, 0.4) is 0 Å². The lowest BCUT2D eigenvalue weighted by molar-refractivity contribution is 0.0782. The number of aromatic nitrogens is 3. The number of hydrogen-bond acceptors (Lipinski definition) is 3. The first-order chi connectivity index (χ1) is 11.3. The van der Waals surface area contributed by atoms with Crippen molar-refractivity contribution in [2.75, 3.05) is 13.1 Å². The fourth-order valence-electron chi connectivity index (χ4n) is 3.29. The monoisotopic (exact) mass is 306 g/mol. The largest absolute Gasteiger partial charge is 0.341 e. The lowest BCUT2D eigenvalue weighted by Gasteiger charge is -2.15. The number of para-hydroxylation sites is 1. The van der Waals surface area contributed by atoms with E-state index >= 15 is 0 Å². The van der Waals surface area contributed by atoms with Crippen molar-refractivity contribution in [1.29, 1.82) is 0 Å². The summed E-state index contributed by atoms with van der Waals surface area (Å²) in [5.74, 6) is 0.534. The molecule has 1 unspecified atom stereocenters. The van der Waals surface area contributed by atoms with E-state index in [0.29, 0.717) is 11.6 Å². The molecule has 1 amide bonds. The van der Waals surface area contributed by atoms with E-state index in [0.717, 1.165) is 31.4 Å². The minimum absolute atomic E-state index is 0.0432. The molecule has 1 atom stereocenters. The van der Waals surface area contributed by atoms with Gasteiger partial charge >= 0.3 is 0 Å². The third-order valence-corrected chi connectivity index (χ3v) is 4.47. The van der Waals surface area contributed by atoms with Crippen LogP contribution in [-0.4, -0.2) is 38.8 Å². The summed E-state index contributed by atoms with van der Waals surface area (Å²) in [7, 11) is 0. The van der Waals surface area contributed by atoms with Gasteiger partial charge < -0.3 is 9.88 Å². The van der Waals surface area contributed by atoms with Gasteiger partial charge in [0.15, 0.2) is 0 Å². The predicted octanol–water partition coefficient (Wildman–Crippen LogP) is 2.66. The number of pyridine rings is 1. The molecule has 23 heavy (non-hydrogen) atoms. The van der Waals surface area contributed by atoms with Gasteiger partial charge in [-0.25, -0.2) is 4.98 Å². The van der Waals surface area contributed by atoms with Crippen LogP contribution in [0.2, 0.25) is 0 Å². The molecule has 0 spiro atoms. The lowest BCUT2D eigenvalue weighted by Crippen LogP contribution is -2.29. The highest BCUT2D eigenvalue weighted by Crippen LogP contribution is 2.23. The van der Waals surface area contributed by atoms with Crippen molar-refractivity contribution in [3.8, 4) is 0 Å². The summed E-state index contributed by atoms with van der Waals surface area (Å²) in [4.78, 5) is 25.6. The maximum absolute atomic E-state index is 12.3. The lowest BCUT2D eigenvalue weighted by atomic mass is 9.99. The average Bonchev–Trinajstić information content (AvgIpc) is 3.26. The molecular formula is C18H18N4O. The Balaban J connectivity index is 1.44. The van der Waals surface area contributed by atoms with Gasteiger partial charge in [-0.1, -0.05) is 18.2 Å². The van der Waals surface area contributed by atoms with Gasteiger partial charge in [-0.05, 0) is 36.5 Å². The van der Waals surface area contributed by atoms with Crippen LogP contribution in [0.1, 0.15) is 22.5 Å². The normalized spacial score (nSPS) is 17.7. The molecule has 0 bridgehead atoms. The van der Waals surface area contributed by atoms with Gasteiger partial charge in [-0.2, -0.15) is 0 Å². The van der Waals surface area contributed by atoms with Crippen molar-refractivity contribution in [3.63, 3.8) is 0 Å². The average molecular weight is 306 g/mol. The van der Waals surface area contributed by atoms with Gasteiger partial charge in [-0.3, -0.25) is 9.78 Å². The molecule has 1 saturated heterocycles. The predicted molar refractivity (Wildman–Crippen MR) is 88.0 cm³/mol. The topological polar surface area (TPSA) is 61.9 Å². The van der Waals surface area contributed by atoms with E-state index in [1.54, 1.807) is 12.5 Å². The number of fused-ring (bicyclic) bond motifs is 1. The molecule has 5 nitrogen and oxygen atoms in total. The number of benzene rings is 1. The third kappa shape index (κ3) is 2.82. The molecule has 3 aromatic rings. The van der Waals surface area contributed by atoms with E-state index in [4.69, 9.17) is 0 Å². The number of hydrogen-bond donors (Lipinski definition) is 1. The maximum atomic E-state index is 12.3. The van der Waals surface area contributed by atoms with E-state index in [1.165, 1.54) is 10.9 Å². The summed E-state index contributed by atoms with van der Waals surface area (Å²) in [6.45, 7) is 1.61. The minimum atomic E-state index is 0.0432. The first kappa shape index (κ1) is 13.9. The molecule has 116 valence electrons. The van der Waals surface area contributed by atoms with Gasteiger partial charge in [0.1, 0.15) is 5.69 Å². The van der Waals surface area contributed by atoms with E-state index in [2.05, 4.69) is 27.1 Å². The van der Waals surface area contributed by atoms with Crippen LogP contribution < -0.4 is 0 Å². The Morgan fingerprint density at radius 1 is 1.30 bits per heavy atom. The molecule has 1 aromatic carbocycles. The van der Waals surface area contributed by atoms with Crippen LogP contribution in [-0.2, 0) is 6.42 Å². The molecule has 0 aliphatic carbocycles. The summed E-state index contributed by atoms with van der Waals surface area (Å²) in [5.41, 5.74) is 2.83. The number of carbonyl (C=O) groups is 1. The van der Waals surface area contributed by atoms with Crippen LogP contribution in [0.4, 0.5) is 0 Å². The third-order valence-electron chi connectivity index (χ3n) is 4.47. The number of nitrogens with one attached hydrogen (secondary N) is 1. The molecule has 0 saturated carbocycles. The van der Waals surface area contributed by atoms with E-state index in [1.807, 2.05) is 29.3 Å². The second kappa shape index (κ2) is 5.83. The molecule has 3 heterocycles. The first-order valence-corrected chi connectivity index (χ1v) is 7.91. The number of carbonyl (C=O) groups excluding carboxylic acids is 1. The zero-order chi connectivity index (χ0) is 15.6. The zero-order valence-electron chi connectivity index (χ0n) is 12.8. The van der Waals surface area contributed by atoms with Crippen molar-refractivity contribution in [1.82, 2.24) is 19.9 Å². The van der Waals surface area contributed by atoms with Gasteiger partial charge in [0, 0.05) is 24.7 Å². The van der Waals surface area contributed by atoms with Crippen molar-refractivity contribution in [2.24, 2.45) is 5.92 Å². The Kier molecular flexibility index (Phi) is 3.54. The number of imidazole rings is 1. The van der Waals surface area contributed by atoms with Crippen molar-refractivity contribution in [3.05, 3.63) is 60.3 Å². The van der Waals surface area contributed by atoms with Crippen LogP contribution in [0.25, 0.3) is 10.9 Å². The summed E-state index contributed by atoms with van der Waals surface area (Å²) in [6.07, 6.45) is 7.09. The van der Waals surface area contributed by atoms with E-state index in [-0.39, 0.29) is 5.91 Å². The molecule has 1 N–H and O–H groups in total. The van der Waals surface area contributed by atoms with E-state index in [9.17, 15) is 4.79 Å². The van der Waals surface area contributed by atoms with Crippen LogP contribution in [0.15, 0.2) is 49.1 Å². The number of H-pyrrole nitrogens is 1. The van der Waals surface area contributed by atoms with Gasteiger partial charge in [-0.15, -0.1) is 0 Å². The fraction of sp³-hybridized carbons (Fsp3) is 0.278. The van der Waals surface area contributed by atoms with Crippen LogP contribution in [0, 0.1) is 5.92 Å². The second-order valence-corrected chi connectivity index (χ2v) is 6.11. The zero-order valence-corrected chi connectivity index (χ0v) is 12.8. The summed E-state index contributed by atoms with van der Waals surface area (Å²) < 4.78 is 0. The second-order valence-electron chi connectivity index (χ2n) is 6.11. The highest BCUT2D eigenvalue weighted by molar-refractivity contribution is 5.92. The first-order valence-electron chi connectivity index (χ1n) is 7.91. The summed E-state index contributed by atoms with van der Waals surface area (Å²) in [6, 6.07) is 10.4. The SMILES string of the molecule is O=C(c1cnc[nH]1)N1CCC(Cc2cnc3ccccc3c2)C1. The van der Waals surface area contributed by atoms with Crippen molar-refractivity contribution >= 4 is 16.8 Å². The Morgan fingerprint density at radius 3 is 3.09 bits per heavy atom. The Bertz CT molecular complexity index is 828. The Hall–Kier alpha value is -2.69. The number of likely N-dealkylation sites (tertiary alicyclic amines) is 1. The van der Waals surface area contributed by atoms with Gasteiger partial charge in [0.25, 0.3) is 5.91 Å². The van der Waals surface area contributed by atoms with Crippen LogP contribution >= 0.6 is 0 Å². The van der Waals surface area contributed by atoms with Crippen molar-refractivity contribution < 1.29 is 4.79 Å². The number of aromatic amines is 1. The quantitative estimate of drug-likeness (QED) is 0.809. The molecule has 1 fully saturated rings. The molecule has 2 aromatic heterocycles. The molecule has 1 aliphatic rings. The maximum Gasteiger partial charge on any atom is 0.271 e. The highest BCUT2D eigenvalue weighted by atomic mass is 16.2. The Morgan fingerprint density at radius 2 is 2.22 bits per heavy atom. The minimum Gasteiger partial charge on any atom is -0.341 e. The molecule has 5 heteroatoms. The molecule has 4 rings (SSSR count). The van der Waals surface area contributed by atoms with Crippen LogP contribution in [0.5, 0.6) is 0 Å². The number of nitrogens with zero attached hydrogens (tertiary/aromatic N) is 3. The smallest absolute Gasteiger partial charge is 0.271 e. The van der Waals surface area contributed by atoms with Gasteiger partial charge in [0.05, 0.1) is 18.0 Å².